The van der Waals surface area contributed by atoms with Crippen molar-refractivity contribution in [3.05, 3.63) is 0 Å². The summed E-state index contributed by atoms with van der Waals surface area (Å²) in [6, 6.07) is 0.757. The standard InChI is InChI=1S/C16H32N2O/c1-12(2)11-13(3)18(4)16(19)10-7-14-5-8-15(17)9-6-14/h12-15H,5-11,17H2,1-4H3. The third kappa shape index (κ3) is 5.94. The minimum absolute atomic E-state index is 0.308. The van der Waals surface area contributed by atoms with Crippen LogP contribution in [0.3, 0.4) is 0 Å². The lowest BCUT2D eigenvalue weighted by molar-refractivity contribution is -0.132. The van der Waals surface area contributed by atoms with Crippen molar-refractivity contribution in [2.75, 3.05) is 7.05 Å². The molecular formula is C16H32N2O. The number of carbonyl (C=O) groups excluding carboxylic acids is 1. The fourth-order valence-corrected chi connectivity index (χ4v) is 3.07. The summed E-state index contributed by atoms with van der Waals surface area (Å²) in [6.45, 7) is 6.57. The van der Waals surface area contributed by atoms with Crippen LogP contribution in [0.5, 0.6) is 0 Å². The van der Waals surface area contributed by atoms with Gasteiger partial charge in [0.25, 0.3) is 0 Å². The van der Waals surface area contributed by atoms with E-state index < -0.39 is 0 Å². The van der Waals surface area contributed by atoms with Crippen LogP contribution >= 0.6 is 0 Å². The molecule has 0 heterocycles. The van der Waals surface area contributed by atoms with E-state index in [1.54, 1.807) is 0 Å². The molecule has 1 rings (SSSR count). The van der Waals surface area contributed by atoms with Crippen molar-refractivity contribution in [1.29, 1.82) is 0 Å². The molecule has 1 aliphatic carbocycles. The number of rotatable bonds is 6. The number of amides is 1. The van der Waals surface area contributed by atoms with Gasteiger partial charge in [-0.3, -0.25) is 4.79 Å². The first-order chi connectivity index (χ1) is 8.90. The normalized spacial score (nSPS) is 25.4. The molecule has 0 bridgehead atoms. The molecule has 0 aromatic heterocycles. The van der Waals surface area contributed by atoms with Gasteiger partial charge in [0, 0.05) is 25.6 Å². The van der Waals surface area contributed by atoms with E-state index in [1.807, 2.05) is 11.9 Å². The summed E-state index contributed by atoms with van der Waals surface area (Å²) in [5.41, 5.74) is 5.91. The van der Waals surface area contributed by atoms with E-state index in [0.29, 0.717) is 30.3 Å². The number of nitrogens with two attached hydrogens (primary N) is 1. The molecule has 3 heteroatoms. The maximum absolute atomic E-state index is 12.2. The molecule has 0 radical (unpaired) electrons. The summed E-state index contributed by atoms with van der Waals surface area (Å²) in [4.78, 5) is 14.1. The number of hydrogen-bond donors (Lipinski definition) is 1. The highest BCUT2D eigenvalue weighted by atomic mass is 16.2. The van der Waals surface area contributed by atoms with Gasteiger partial charge in [-0.2, -0.15) is 0 Å². The van der Waals surface area contributed by atoms with E-state index >= 15 is 0 Å². The second-order valence-corrected chi connectivity index (χ2v) is 6.80. The van der Waals surface area contributed by atoms with Crippen LogP contribution in [0.1, 0.15) is 65.7 Å². The van der Waals surface area contributed by atoms with Gasteiger partial charge in [0.15, 0.2) is 0 Å². The van der Waals surface area contributed by atoms with Gasteiger partial charge in [0.2, 0.25) is 5.91 Å². The zero-order valence-corrected chi connectivity index (χ0v) is 13.2. The van der Waals surface area contributed by atoms with Gasteiger partial charge in [0.1, 0.15) is 0 Å². The monoisotopic (exact) mass is 268 g/mol. The van der Waals surface area contributed by atoms with Gasteiger partial charge in [-0.05, 0) is 57.3 Å². The first kappa shape index (κ1) is 16.5. The molecule has 1 fully saturated rings. The van der Waals surface area contributed by atoms with Crippen molar-refractivity contribution in [2.24, 2.45) is 17.6 Å². The van der Waals surface area contributed by atoms with E-state index in [0.717, 1.165) is 31.6 Å². The fraction of sp³-hybridized carbons (Fsp3) is 0.938. The second-order valence-electron chi connectivity index (χ2n) is 6.80. The van der Waals surface area contributed by atoms with Crippen LogP contribution in [0.25, 0.3) is 0 Å². The first-order valence-corrected chi connectivity index (χ1v) is 7.91. The van der Waals surface area contributed by atoms with Crippen molar-refractivity contribution in [1.82, 2.24) is 4.90 Å². The van der Waals surface area contributed by atoms with Gasteiger partial charge in [-0.25, -0.2) is 0 Å². The van der Waals surface area contributed by atoms with Crippen molar-refractivity contribution < 1.29 is 4.79 Å². The second kappa shape index (κ2) is 7.88. The van der Waals surface area contributed by atoms with E-state index in [1.165, 1.54) is 12.8 Å². The molecule has 1 aliphatic rings. The Morgan fingerprint density at radius 2 is 1.79 bits per heavy atom. The quantitative estimate of drug-likeness (QED) is 0.804. The Morgan fingerprint density at radius 1 is 1.21 bits per heavy atom. The third-order valence-corrected chi connectivity index (χ3v) is 4.52. The van der Waals surface area contributed by atoms with Crippen LogP contribution in [-0.4, -0.2) is 29.9 Å². The molecule has 3 nitrogen and oxygen atoms in total. The smallest absolute Gasteiger partial charge is 0.222 e. The molecule has 19 heavy (non-hydrogen) atoms. The van der Waals surface area contributed by atoms with Crippen LogP contribution in [0.2, 0.25) is 0 Å². The molecule has 1 amide bonds. The van der Waals surface area contributed by atoms with Crippen LogP contribution < -0.4 is 5.73 Å². The maximum atomic E-state index is 12.2. The lowest BCUT2D eigenvalue weighted by atomic mass is 9.83. The summed E-state index contributed by atoms with van der Waals surface area (Å²) in [7, 11) is 1.95. The Hall–Kier alpha value is -0.570. The Kier molecular flexibility index (Phi) is 6.84. The highest BCUT2D eigenvalue weighted by molar-refractivity contribution is 5.76. The molecule has 2 N–H and O–H groups in total. The van der Waals surface area contributed by atoms with Crippen LogP contribution in [0, 0.1) is 11.8 Å². The van der Waals surface area contributed by atoms with Crippen molar-refractivity contribution >= 4 is 5.91 Å². The highest BCUT2D eigenvalue weighted by Crippen LogP contribution is 2.27. The molecule has 112 valence electrons. The fourth-order valence-electron chi connectivity index (χ4n) is 3.07. The van der Waals surface area contributed by atoms with Gasteiger partial charge in [0.05, 0.1) is 0 Å². The molecule has 1 unspecified atom stereocenters. The van der Waals surface area contributed by atoms with Crippen LogP contribution in [-0.2, 0) is 4.79 Å². The molecule has 0 aromatic rings. The predicted molar refractivity (Wildman–Crippen MR) is 80.9 cm³/mol. The summed E-state index contributed by atoms with van der Waals surface area (Å²) in [5.74, 6) is 1.67. The maximum Gasteiger partial charge on any atom is 0.222 e. The summed E-state index contributed by atoms with van der Waals surface area (Å²) in [6.07, 6.45) is 7.53. The average molecular weight is 268 g/mol. The largest absolute Gasteiger partial charge is 0.343 e. The predicted octanol–water partition coefficient (Wildman–Crippen LogP) is 3.18. The van der Waals surface area contributed by atoms with Crippen molar-refractivity contribution in [3.8, 4) is 0 Å². The summed E-state index contributed by atoms with van der Waals surface area (Å²) >= 11 is 0. The lowest BCUT2D eigenvalue weighted by Crippen LogP contribution is -2.36. The minimum Gasteiger partial charge on any atom is -0.343 e. The topological polar surface area (TPSA) is 46.3 Å². The Morgan fingerprint density at radius 3 is 2.32 bits per heavy atom. The number of nitrogens with zero attached hydrogens (tertiary/aromatic N) is 1. The molecule has 0 spiro atoms. The average Bonchev–Trinajstić information content (AvgIpc) is 2.36. The number of carbonyl (C=O) groups is 1. The molecule has 1 atom stereocenters. The Balaban J connectivity index is 2.26. The number of hydrogen-bond acceptors (Lipinski definition) is 2. The molecule has 1 saturated carbocycles. The molecule has 0 aliphatic heterocycles. The van der Waals surface area contributed by atoms with E-state index in [2.05, 4.69) is 20.8 Å². The zero-order valence-electron chi connectivity index (χ0n) is 13.2. The van der Waals surface area contributed by atoms with Crippen LogP contribution in [0.4, 0.5) is 0 Å². The molecule has 0 aromatic carbocycles. The summed E-state index contributed by atoms with van der Waals surface area (Å²) < 4.78 is 0. The van der Waals surface area contributed by atoms with Gasteiger partial charge >= 0.3 is 0 Å². The highest BCUT2D eigenvalue weighted by Gasteiger charge is 2.21. The first-order valence-electron chi connectivity index (χ1n) is 7.91. The molecule has 0 saturated heterocycles. The van der Waals surface area contributed by atoms with E-state index in [9.17, 15) is 4.79 Å². The third-order valence-electron chi connectivity index (χ3n) is 4.52. The SMILES string of the molecule is CC(C)CC(C)N(C)C(=O)CCC1CCC(N)CC1. The minimum atomic E-state index is 0.308. The molecular weight excluding hydrogens is 236 g/mol. The van der Waals surface area contributed by atoms with Gasteiger partial charge in [-0.1, -0.05) is 13.8 Å². The zero-order chi connectivity index (χ0) is 14.4. The van der Waals surface area contributed by atoms with E-state index in [-0.39, 0.29) is 0 Å². The Bertz CT molecular complexity index is 270. The van der Waals surface area contributed by atoms with E-state index in [4.69, 9.17) is 5.73 Å². The Labute approximate surface area is 118 Å². The summed E-state index contributed by atoms with van der Waals surface area (Å²) in [5, 5.41) is 0. The van der Waals surface area contributed by atoms with Gasteiger partial charge in [-0.15, -0.1) is 0 Å². The van der Waals surface area contributed by atoms with Crippen LogP contribution in [0.15, 0.2) is 0 Å². The van der Waals surface area contributed by atoms with Crippen molar-refractivity contribution in [3.63, 3.8) is 0 Å². The van der Waals surface area contributed by atoms with Crippen molar-refractivity contribution in [2.45, 2.75) is 77.8 Å². The lowest BCUT2D eigenvalue weighted by Gasteiger charge is -2.29. The van der Waals surface area contributed by atoms with Gasteiger partial charge < -0.3 is 10.6 Å².